The van der Waals surface area contributed by atoms with Crippen molar-refractivity contribution in [2.45, 2.75) is 19.4 Å². The molecule has 11 heavy (non-hydrogen) atoms. The monoisotopic (exact) mass is 236 g/mol. The number of nitrogens with zero attached hydrogens (tertiary/aromatic N) is 2. The Hall–Kier alpha value is -0.0000000000000000278. The highest BCUT2D eigenvalue weighted by Gasteiger charge is 2.23. The first kappa shape index (κ1) is 9.09. The number of hydrogen-bond acceptors (Lipinski definition) is 4. The van der Waals surface area contributed by atoms with E-state index in [0.29, 0.717) is 4.73 Å². The van der Waals surface area contributed by atoms with Crippen molar-refractivity contribution >= 4 is 27.5 Å². The number of halogens is 1. The lowest BCUT2D eigenvalue weighted by Gasteiger charge is -2.18. The second-order valence-electron chi connectivity index (χ2n) is 2.58. The Morgan fingerprint density at radius 2 is 2.18 bits per heavy atom. The average Bonchev–Trinajstić information content (AvgIpc) is 2.36. The van der Waals surface area contributed by atoms with Crippen molar-refractivity contribution in [3.8, 4) is 0 Å². The molecule has 0 radical (unpaired) electrons. The molecular weight excluding hydrogens is 228 g/mol. The van der Waals surface area contributed by atoms with E-state index in [-0.39, 0.29) is 5.60 Å². The van der Waals surface area contributed by atoms with Gasteiger partial charge < -0.3 is 4.74 Å². The highest BCUT2D eigenvalue weighted by molar-refractivity contribution is 9.10. The van der Waals surface area contributed by atoms with Crippen molar-refractivity contribution in [1.82, 2.24) is 9.36 Å². The van der Waals surface area contributed by atoms with E-state index >= 15 is 0 Å². The number of hydrogen-bond donors (Lipinski definition) is 0. The van der Waals surface area contributed by atoms with Gasteiger partial charge in [0.05, 0.1) is 0 Å². The fraction of sp³-hybridized carbons (Fsp3) is 0.667. The predicted molar refractivity (Wildman–Crippen MR) is 47.6 cm³/mol. The molecule has 0 saturated heterocycles. The van der Waals surface area contributed by atoms with Crippen molar-refractivity contribution in [3.05, 3.63) is 9.74 Å². The minimum absolute atomic E-state index is 0.330. The van der Waals surface area contributed by atoms with E-state index in [1.807, 2.05) is 13.8 Å². The smallest absolute Gasteiger partial charge is 0.209 e. The number of ether oxygens (including phenoxy) is 1. The standard InChI is InChI=1S/C6H9BrN2OS/c1-6(2,10-3)4-8-5(7)9-11-4/h1-3H3. The van der Waals surface area contributed by atoms with Crippen LogP contribution in [0.2, 0.25) is 0 Å². The summed E-state index contributed by atoms with van der Waals surface area (Å²) in [7, 11) is 1.66. The second-order valence-corrected chi connectivity index (χ2v) is 4.04. The molecule has 3 nitrogen and oxygen atoms in total. The van der Waals surface area contributed by atoms with Gasteiger partial charge in [0, 0.05) is 7.11 Å². The van der Waals surface area contributed by atoms with E-state index in [4.69, 9.17) is 4.74 Å². The van der Waals surface area contributed by atoms with Crippen LogP contribution in [-0.4, -0.2) is 16.5 Å². The van der Waals surface area contributed by atoms with Gasteiger partial charge in [0.25, 0.3) is 0 Å². The maximum Gasteiger partial charge on any atom is 0.209 e. The Bertz CT molecular complexity index is 248. The molecule has 1 aromatic rings. The lowest BCUT2D eigenvalue weighted by molar-refractivity contribution is 0.0189. The normalized spacial score (nSPS) is 12.0. The Morgan fingerprint density at radius 3 is 2.55 bits per heavy atom. The van der Waals surface area contributed by atoms with Crippen LogP contribution in [0.25, 0.3) is 0 Å². The first-order chi connectivity index (χ1) is 5.06. The number of aromatic nitrogens is 2. The van der Waals surface area contributed by atoms with Gasteiger partial charge in [-0.1, -0.05) is 0 Å². The maximum absolute atomic E-state index is 5.22. The van der Waals surface area contributed by atoms with E-state index in [1.54, 1.807) is 7.11 Å². The van der Waals surface area contributed by atoms with E-state index < -0.39 is 0 Å². The summed E-state index contributed by atoms with van der Waals surface area (Å²) >= 11 is 4.53. The van der Waals surface area contributed by atoms with Crippen molar-refractivity contribution in [1.29, 1.82) is 0 Å². The second kappa shape index (κ2) is 3.16. The molecule has 1 aromatic heterocycles. The lowest BCUT2D eigenvalue weighted by Crippen LogP contribution is -2.18. The molecule has 5 heteroatoms. The number of methoxy groups -OCH3 is 1. The molecule has 0 atom stereocenters. The topological polar surface area (TPSA) is 35.0 Å². The van der Waals surface area contributed by atoms with Crippen LogP contribution in [0.1, 0.15) is 18.9 Å². The first-order valence-electron chi connectivity index (χ1n) is 3.11. The summed E-state index contributed by atoms with van der Waals surface area (Å²) in [5, 5.41) is 0.881. The van der Waals surface area contributed by atoms with Crippen LogP contribution in [0.3, 0.4) is 0 Å². The summed E-state index contributed by atoms with van der Waals surface area (Å²) in [5.41, 5.74) is -0.330. The van der Waals surface area contributed by atoms with Gasteiger partial charge in [-0.25, -0.2) is 4.98 Å². The Labute approximate surface area is 78.1 Å². The quantitative estimate of drug-likeness (QED) is 0.790. The molecular formula is C6H9BrN2OS. The molecule has 0 fully saturated rings. The summed E-state index contributed by atoms with van der Waals surface area (Å²) in [6, 6.07) is 0. The largest absolute Gasteiger partial charge is 0.372 e. The van der Waals surface area contributed by atoms with Crippen molar-refractivity contribution < 1.29 is 4.74 Å². The third-order valence-electron chi connectivity index (χ3n) is 1.43. The highest BCUT2D eigenvalue weighted by atomic mass is 79.9. The van der Waals surface area contributed by atoms with Crippen LogP contribution in [0, 0.1) is 0 Å². The Morgan fingerprint density at radius 1 is 1.55 bits per heavy atom. The fourth-order valence-electron chi connectivity index (χ4n) is 0.537. The van der Waals surface area contributed by atoms with Gasteiger partial charge in [0.1, 0.15) is 10.6 Å². The zero-order valence-electron chi connectivity index (χ0n) is 6.59. The van der Waals surface area contributed by atoms with E-state index in [9.17, 15) is 0 Å². The van der Waals surface area contributed by atoms with Crippen molar-refractivity contribution in [2.24, 2.45) is 0 Å². The van der Waals surface area contributed by atoms with Gasteiger partial charge in [-0.05, 0) is 41.3 Å². The van der Waals surface area contributed by atoms with Gasteiger partial charge in [-0.2, -0.15) is 4.37 Å². The molecule has 0 N–H and O–H groups in total. The average molecular weight is 237 g/mol. The molecule has 0 spiro atoms. The molecule has 0 aliphatic carbocycles. The predicted octanol–water partition coefficient (Wildman–Crippen LogP) is 2.18. The minimum Gasteiger partial charge on any atom is -0.372 e. The summed E-state index contributed by atoms with van der Waals surface area (Å²) < 4.78 is 9.85. The van der Waals surface area contributed by atoms with Gasteiger partial charge in [-0.3, -0.25) is 0 Å². The van der Waals surface area contributed by atoms with Crippen LogP contribution < -0.4 is 0 Å². The molecule has 0 aliphatic rings. The van der Waals surface area contributed by atoms with E-state index in [0.717, 1.165) is 5.01 Å². The Kier molecular flexibility index (Phi) is 2.61. The van der Waals surface area contributed by atoms with Crippen LogP contribution in [0.4, 0.5) is 0 Å². The van der Waals surface area contributed by atoms with Crippen LogP contribution in [-0.2, 0) is 10.3 Å². The Balaban J connectivity index is 2.92. The van der Waals surface area contributed by atoms with E-state index in [1.165, 1.54) is 11.5 Å². The molecule has 62 valence electrons. The van der Waals surface area contributed by atoms with Gasteiger partial charge in [0.2, 0.25) is 4.73 Å². The van der Waals surface area contributed by atoms with Crippen molar-refractivity contribution in [2.75, 3.05) is 7.11 Å². The SMILES string of the molecule is COC(C)(C)c1nc(Br)ns1. The fourth-order valence-corrected chi connectivity index (χ4v) is 1.68. The molecule has 0 amide bonds. The van der Waals surface area contributed by atoms with Gasteiger partial charge >= 0.3 is 0 Å². The summed E-state index contributed by atoms with van der Waals surface area (Å²) in [6.07, 6.45) is 0. The molecule has 1 heterocycles. The van der Waals surface area contributed by atoms with Crippen molar-refractivity contribution in [3.63, 3.8) is 0 Å². The maximum atomic E-state index is 5.22. The highest BCUT2D eigenvalue weighted by Crippen LogP contribution is 2.26. The van der Waals surface area contributed by atoms with Gasteiger partial charge in [0.15, 0.2) is 0 Å². The zero-order valence-corrected chi connectivity index (χ0v) is 8.99. The van der Waals surface area contributed by atoms with Crippen LogP contribution in [0.5, 0.6) is 0 Å². The molecule has 0 unspecified atom stereocenters. The third-order valence-corrected chi connectivity index (χ3v) is 3.04. The molecule has 0 aromatic carbocycles. The lowest BCUT2D eigenvalue weighted by atomic mass is 10.1. The first-order valence-corrected chi connectivity index (χ1v) is 4.68. The summed E-state index contributed by atoms with van der Waals surface area (Å²) in [6.45, 7) is 3.92. The molecule has 0 aliphatic heterocycles. The molecule has 1 rings (SSSR count). The number of rotatable bonds is 2. The minimum atomic E-state index is -0.330. The summed E-state index contributed by atoms with van der Waals surface area (Å²) in [5.74, 6) is 0. The third kappa shape index (κ3) is 1.98. The van der Waals surface area contributed by atoms with Crippen LogP contribution >= 0.6 is 27.5 Å². The molecule has 0 bridgehead atoms. The van der Waals surface area contributed by atoms with Crippen LogP contribution in [0.15, 0.2) is 4.73 Å². The van der Waals surface area contributed by atoms with E-state index in [2.05, 4.69) is 25.3 Å². The van der Waals surface area contributed by atoms with Gasteiger partial charge in [-0.15, -0.1) is 0 Å². The molecule has 0 saturated carbocycles. The summed E-state index contributed by atoms with van der Waals surface area (Å²) in [4.78, 5) is 4.15. The zero-order chi connectivity index (χ0) is 8.48.